The van der Waals surface area contributed by atoms with Crippen LogP contribution in [0.25, 0.3) is 6.08 Å². The summed E-state index contributed by atoms with van der Waals surface area (Å²) in [5, 5.41) is 49.1. The molecule has 0 aromatic heterocycles. The first kappa shape index (κ1) is 24.8. The first-order chi connectivity index (χ1) is 16.1. The lowest BCUT2D eigenvalue weighted by Gasteiger charge is -2.41. The zero-order valence-electron chi connectivity index (χ0n) is 18.0. The molecule has 34 heavy (non-hydrogen) atoms. The fourth-order valence-corrected chi connectivity index (χ4v) is 3.15. The minimum atomic E-state index is -1.61. The molecular weight excluding hydrogens is 452 g/mol. The average Bonchev–Trinajstić information content (AvgIpc) is 2.79. The summed E-state index contributed by atoms with van der Waals surface area (Å²) in [6.07, 6.45) is -4.75. The van der Waals surface area contributed by atoms with E-state index in [1.165, 1.54) is 48.5 Å². The summed E-state index contributed by atoms with van der Waals surface area (Å²) in [6.45, 7) is 0.651. The molecule has 1 fully saturated rings. The molecule has 1 saturated heterocycles. The Hall–Kier alpha value is -3.80. The van der Waals surface area contributed by atoms with Crippen LogP contribution in [0.2, 0.25) is 0 Å². The zero-order valence-corrected chi connectivity index (χ0v) is 18.0. The van der Waals surface area contributed by atoms with Crippen molar-refractivity contribution < 1.29 is 54.1 Å². The van der Waals surface area contributed by atoms with Gasteiger partial charge in [-0.05, 0) is 48.0 Å². The maximum atomic E-state index is 12.1. The second kappa shape index (κ2) is 10.9. The number of benzene rings is 2. The summed E-state index contributed by atoms with van der Waals surface area (Å²) in [6, 6.07) is 9.48. The summed E-state index contributed by atoms with van der Waals surface area (Å²) in [5.74, 6) is -2.02. The number of esters is 2. The summed E-state index contributed by atoms with van der Waals surface area (Å²) in [7, 11) is 0. The van der Waals surface area contributed by atoms with Gasteiger partial charge < -0.3 is 44.5 Å². The highest BCUT2D eigenvalue weighted by atomic mass is 16.7. The van der Waals surface area contributed by atoms with E-state index >= 15 is 0 Å². The highest BCUT2D eigenvalue weighted by Crippen LogP contribution is 2.28. The van der Waals surface area contributed by atoms with Crippen LogP contribution in [-0.4, -0.2) is 74.8 Å². The monoisotopic (exact) mass is 476 g/mol. The quantitative estimate of drug-likeness (QED) is 0.218. The standard InChI is InChI=1S/C23H24O11/c1-12(24)32-22-18(11-31-19(28)9-3-13-2-8-16(26)17(27)10-13)34-23(21(30)20(22)29)33-15-6-4-14(25)5-7-15/h2-10,18,20-23,25-27,29-30H,11H2,1H3/b9-3-/t18?,20-,21+,22+,23-/m1/s1. The Balaban J connectivity index is 1.67. The van der Waals surface area contributed by atoms with Gasteiger partial charge in [0.15, 0.2) is 17.6 Å². The Morgan fingerprint density at radius 1 is 1.00 bits per heavy atom. The third-order valence-electron chi connectivity index (χ3n) is 4.83. The molecule has 0 amide bonds. The molecule has 182 valence electrons. The predicted octanol–water partition coefficient (Wildman–Crippen LogP) is 0.817. The van der Waals surface area contributed by atoms with Crippen LogP contribution in [0.15, 0.2) is 48.5 Å². The van der Waals surface area contributed by atoms with Crippen molar-refractivity contribution in [3.63, 3.8) is 0 Å². The van der Waals surface area contributed by atoms with Gasteiger partial charge in [0, 0.05) is 13.0 Å². The maximum absolute atomic E-state index is 12.1. The molecule has 1 unspecified atom stereocenters. The fraction of sp³-hybridized carbons (Fsp3) is 0.304. The molecule has 11 nitrogen and oxygen atoms in total. The molecule has 3 rings (SSSR count). The third-order valence-corrected chi connectivity index (χ3v) is 4.83. The van der Waals surface area contributed by atoms with Crippen LogP contribution in [0.4, 0.5) is 0 Å². The minimum Gasteiger partial charge on any atom is -0.508 e. The third kappa shape index (κ3) is 6.38. The van der Waals surface area contributed by atoms with Gasteiger partial charge in [0.1, 0.15) is 36.4 Å². The normalized spacial score (nSPS) is 24.5. The lowest BCUT2D eigenvalue weighted by atomic mass is 9.99. The molecule has 2 aromatic rings. The summed E-state index contributed by atoms with van der Waals surface area (Å²) in [4.78, 5) is 23.6. The van der Waals surface area contributed by atoms with Crippen LogP contribution >= 0.6 is 0 Å². The molecule has 5 N–H and O–H groups in total. The van der Waals surface area contributed by atoms with Gasteiger partial charge in [0.05, 0.1) is 0 Å². The van der Waals surface area contributed by atoms with E-state index in [0.29, 0.717) is 5.56 Å². The second-order valence-corrected chi connectivity index (χ2v) is 7.42. The molecule has 0 aliphatic carbocycles. The Kier molecular flexibility index (Phi) is 7.95. The number of hydrogen-bond donors (Lipinski definition) is 5. The lowest BCUT2D eigenvalue weighted by molar-refractivity contribution is -0.281. The first-order valence-corrected chi connectivity index (χ1v) is 10.2. The van der Waals surface area contributed by atoms with E-state index in [2.05, 4.69) is 0 Å². The Bertz CT molecular complexity index is 1030. The molecule has 0 bridgehead atoms. The molecule has 11 heteroatoms. The van der Waals surface area contributed by atoms with Crippen LogP contribution in [-0.2, 0) is 23.8 Å². The highest BCUT2D eigenvalue weighted by Gasteiger charge is 2.48. The molecule has 2 aromatic carbocycles. The highest BCUT2D eigenvalue weighted by molar-refractivity contribution is 5.87. The van der Waals surface area contributed by atoms with Crippen LogP contribution in [0.1, 0.15) is 12.5 Å². The molecule has 1 aliphatic heterocycles. The SMILES string of the molecule is CC(=O)O[C@H]1C(COC(=O)/C=C\c2ccc(O)c(O)c2)O[C@@H](Oc2ccc(O)cc2)[C@@H](O)[C@H]1O. The van der Waals surface area contributed by atoms with Crippen molar-refractivity contribution in [1.82, 2.24) is 0 Å². The number of phenols is 3. The van der Waals surface area contributed by atoms with Gasteiger partial charge in [-0.25, -0.2) is 4.79 Å². The number of hydrogen-bond acceptors (Lipinski definition) is 11. The van der Waals surface area contributed by atoms with E-state index in [9.17, 15) is 35.1 Å². The van der Waals surface area contributed by atoms with Crippen LogP contribution in [0.3, 0.4) is 0 Å². The van der Waals surface area contributed by atoms with Gasteiger partial charge in [-0.2, -0.15) is 0 Å². The van der Waals surface area contributed by atoms with E-state index in [4.69, 9.17) is 18.9 Å². The molecule has 1 heterocycles. The van der Waals surface area contributed by atoms with E-state index in [1.54, 1.807) is 0 Å². The number of aromatic hydroxyl groups is 3. The predicted molar refractivity (Wildman–Crippen MR) is 115 cm³/mol. The molecule has 0 spiro atoms. The molecule has 0 radical (unpaired) electrons. The summed E-state index contributed by atoms with van der Waals surface area (Å²) in [5.41, 5.74) is 0.417. The molecule has 1 aliphatic rings. The zero-order chi connectivity index (χ0) is 24.8. The largest absolute Gasteiger partial charge is 0.508 e. The van der Waals surface area contributed by atoms with Crippen molar-refractivity contribution in [2.75, 3.05) is 6.61 Å². The Morgan fingerprint density at radius 2 is 1.71 bits per heavy atom. The van der Waals surface area contributed by atoms with Crippen molar-refractivity contribution in [3.05, 3.63) is 54.1 Å². The molecular formula is C23H24O11. The molecule has 0 saturated carbocycles. The summed E-state index contributed by atoms with van der Waals surface area (Å²) >= 11 is 0. The van der Waals surface area contributed by atoms with Crippen molar-refractivity contribution in [2.24, 2.45) is 0 Å². The lowest BCUT2D eigenvalue weighted by Crippen LogP contribution is -2.61. The van der Waals surface area contributed by atoms with E-state index in [0.717, 1.165) is 13.0 Å². The van der Waals surface area contributed by atoms with E-state index < -0.39 is 49.3 Å². The second-order valence-electron chi connectivity index (χ2n) is 7.42. The van der Waals surface area contributed by atoms with Crippen molar-refractivity contribution >= 4 is 18.0 Å². The van der Waals surface area contributed by atoms with Gasteiger partial charge >= 0.3 is 11.9 Å². The van der Waals surface area contributed by atoms with Gasteiger partial charge in [-0.1, -0.05) is 6.07 Å². The van der Waals surface area contributed by atoms with E-state index in [1.807, 2.05) is 0 Å². The van der Waals surface area contributed by atoms with Gasteiger partial charge in [0.2, 0.25) is 6.29 Å². The topological polar surface area (TPSA) is 172 Å². The number of aliphatic hydroxyl groups excluding tert-OH is 2. The van der Waals surface area contributed by atoms with Gasteiger partial charge in [-0.3, -0.25) is 4.79 Å². The number of ether oxygens (including phenoxy) is 4. The van der Waals surface area contributed by atoms with Crippen LogP contribution in [0, 0.1) is 0 Å². The average molecular weight is 476 g/mol. The maximum Gasteiger partial charge on any atom is 0.330 e. The fourth-order valence-electron chi connectivity index (χ4n) is 3.15. The number of phenolic OH excluding ortho intramolecular Hbond substituents is 3. The van der Waals surface area contributed by atoms with Crippen molar-refractivity contribution in [2.45, 2.75) is 37.6 Å². The number of carbonyl (C=O) groups excluding carboxylic acids is 2. The Labute approximate surface area is 194 Å². The van der Waals surface area contributed by atoms with E-state index in [-0.39, 0.29) is 23.0 Å². The van der Waals surface area contributed by atoms with Crippen LogP contribution < -0.4 is 4.74 Å². The van der Waals surface area contributed by atoms with Crippen molar-refractivity contribution in [3.8, 4) is 23.0 Å². The van der Waals surface area contributed by atoms with Gasteiger partial charge in [-0.15, -0.1) is 0 Å². The smallest absolute Gasteiger partial charge is 0.330 e. The van der Waals surface area contributed by atoms with Gasteiger partial charge in [0.25, 0.3) is 0 Å². The van der Waals surface area contributed by atoms with Crippen LogP contribution in [0.5, 0.6) is 23.0 Å². The first-order valence-electron chi connectivity index (χ1n) is 10.2. The number of aliphatic hydroxyl groups is 2. The Morgan fingerprint density at radius 3 is 2.35 bits per heavy atom. The molecule has 5 atom stereocenters. The summed E-state index contributed by atoms with van der Waals surface area (Å²) < 4.78 is 21.3. The number of carbonyl (C=O) groups is 2. The minimum absolute atomic E-state index is 0.00669. The van der Waals surface area contributed by atoms with Crippen molar-refractivity contribution in [1.29, 1.82) is 0 Å². The number of rotatable bonds is 7.